The van der Waals surface area contributed by atoms with Gasteiger partial charge in [0.2, 0.25) is 5.91 Å². The molecule has 0 bridgehead atoms. The molecular formula is C20H25N3O3S2. The lowest BCUT2D eigenvalue weighted by Gasteiger charge is -2.35. The zero-order chi connectivity index (χ0) is 19.5. The van der Waals surface area contributed by atoms with Gasteiger partial charge in [-0.05, 0) is 31.5 Å². The van der Waals surface area contributed by atoms with Gasteiger partial charge in [-0.2, -0.15) is 0 Å². The van der Waals surface area contributed by atoms with Gasteiger partial charge in [0, 0.05) is 31.3 Å². The van der Waals surface area contributed by atoms with Crippen molar-refractivity contribution in [2.24, 2.45) is 0 Å². The second kappa shape index (κ2) is 8.80. The van der Waals surface area contributed by atoms with Crippen molar-refractivity contribution in [3.63, 3.8) is 0 Å². The first kappa shape index (κ1) is 19.7. The van der Waals surface area contributed by atoms with E-state index in [0.717, 1.165) is 37.2 Å². The minimum absolute atomic E-state index is 0.110. The van der Waals surface area contributed by atoms with Crippen LogP contribution in [-0.2, 0) is 14.3 Å². The number of para-hydroxylation sites is 1. The van der Waals surface area contributed by atoms with Crippen LogP contribution in [0.5, 0.6) is 0 Å². The van der Waals surface area contributed by atoms with Gasteiger partial charge in [0.15, 0.2) is 0 Å². The van der Waals surface area contributed by atoms with Gasteiger partial charge < -0.3 is 9.64 Å². The summed E-state index contributed by atoms with van der Waals surface area (Å²) in [7, 11) is 1.40. The number of hydrogen-bond donors (Lipinski definition) is 0. The minimum Gasteiger partial charge on any atom is -0.468 e. The number of rotatable bonds is 4. The molecule has 2 saturated heterocycles. The molecule has 0 saturated carbocycles. The molecule has 0 aliphatic carbocycles. The van der Waals surface area contributed by atoms with Gasteiger partial charge in [-0.3, -0.25) is 14.5 Å². The number of aromatic nitrogens is 1. The number of thiazole rings is 1. The Morgan fingerprint density at radius 3 is 2.93 bits per heavy atom. The average Bonchev–Trinajstić information content (AvgIpc) is 3.18. The Hall–Kier alpha value is -1.64. The summed E-state index contributed by atoms with van der Waals surface area (Å²) in [6.07, 6.45) is 2.20. The van der Waals surface area contributed by atoms with E-state index < -0.39 is 0 Å². The van der Waals surface area contributed by atoms with Gasteiger partial charge in [-0.1, -0.05) is 12.1 Å². The van der Waals surface area contributed by atoms with Crippen molar-refractivity contribution in [1.29, 1.82) is 0 Å². The highest BCUT2D eigenvalue weighted by molar-refractivity contribution is 8.00. The molecular weight excluding hydrogens is 394 g/mol. The van der Waals surface area contributed by atoms with Gasteiger partial charge in [-0.25, -0.2) is 4.98 Å². The number of nitrogens with zero attached hydrogens (tertiary/aromatic N) is 3. The largest absolute Gasteiger partial charge is 0.468 e. The third-order valence-corrected chi connectivity index (χ3v) is 7.77. The van der Waals surface area contributed by atoms with Gasteiger partial charge in [-0.15, -0.1) is 23.1 Å². The van der Waals surface area contributed by atoms with Crippen LogP contribution in [0, 0.1) is 0 Å². The van der Waals surface area contributed by atoms with Crippen LogP contribution in [-0.4, -0.2) is 77.5 Å². The van der Waals surface area contributed by atoms with E-state index in [1.54, 1.807) is 23.1 Å². The highest BCUT2D eigenvalue weighted by atomic mass is 32.2. The van der Waals surface area contributed by atoms with E-state index in [4.69, 9.17) is 9.72 Å². The molecule has 2 aromatic rings. The molecule has 2 aliphatic heterocycles. The standard InChI is InChI=1S/C20H25N3O3S2/c1-26-20(25)17-12-23(9-10-27-17)18(24)13-22-8-4-5-14(11-22)19-21-15-6-2-3-7-16(15)28-19/h2-3,6-7,14,17H,4-5,8-13H2,1H3/t14-,17-/m0/s1. The van der Waals surface area contributed by atoms with E-state index in [1.165, 1.54) is 16.8 Å². The van der Waals surface area contributed by atoms with Crippen molar-refractivity contribution in [3.05, 3.63) is 29.3 Å². The molecule has 0 N–H and O–H groups in total. The Labute approximate surface area is 173 Å². The maximum absolute atomic E-state index is 12.8. The molecule has 8 heteroatoms. The summed E-state index contributed by atoms with van der Waals surface area (Å²) in [6, 6.07) is 8.25. The molecule has 28 heavy (non-hydrogen) atoms. The number of ether oxygens (including phenoxy) is 1. The van der Waals surface area contributed by atoms with Crippen LogP contribution in [0.3, 0.4) is 0 Å². The number of carbonyl (C=O) groups excluding carboxylic acids is 2. The SMILES string of the molecule is COC(=O)[C@@H]1CN(C(=O)CN2CCC[C@H](c3nc4ccccc4s3)C2)CCS1. The van der Waals surface area contributed by atoms with Crippen molar-refractivity contribution < 1.29 is 14.3 Å². The van der Waals surface area contributed by atoms with Crippen LogP contribution in [0.25, 0.3) is 10.2 Å². The number of benzene rings is 1. The normalized spacial score (nSPS) is 23.7. The molecule has 0 radical (unpaired) electrons. The predicted octanol–water partition coefficient (Wildman–Crippen LogP) is 2.59. The Morgan fingerprint density at radius 2 is 2.11 bits per heavy atom. The molecule has 1 aromatic heterocycles. The first-order chi connectivity index (χ1) is 13.6. The van der Waals surface area contributed by atoms with Gasteiger partial charge in [0.25, 0.3) is 0 Å². The van der Waals surface area contributed by atoms with Crippen LogP contribution >= 0.6 is 23.1 Å². The summed E-state index contributed by atoms with van der Waals surface area (Å²) in [5.41, 5.74) is 1.07. The van der Waals surface area contributed by atoms with Crippen LogP contribution in [0.15, 0.2) is 24.3 Å². The second-order valence-electron chi connectivity index (χ2n) is 7.32. The summed E-state index contributed by atoms with van der Waals surface area (Å²) in [4.78, 5) is 33.5. The molecule has 0 spiro atoms. The summed E-state index contributed by atoms with van der Waals surface area (Å²) >= 11 is 3.35. The lowest BCUT2D eigenvalue weighted by molar-refractivity contribution is -0.141. The summed E-state index contributed by atoms with van der Waals surface area (Å²) < 4.78 is 6.07. The minimum atomic E-state index is -0.264. The van der Waals surface area contributed by atoms with Crippen molar-refractivity contribution in [2.45, 2.75) is 24.0 Å². The van der Waals surface area contributed by atoms with Crippen LogP contribution in [0.4, 0.5) is 0 Å². The molecule has 150 valence electrons. The molecule has 0 unspecified atom stereocenters. The Balaban J connectivity index is 1.36. The quantitative estimate of drug-likeness (QED) is 0.710. The van der Waals surface area contributed by atoms with Crippen molar-refractivity contribution in [1.82, 2.24) is 14.8 Å². The number of thioether (sulfide) groups is 1. The average molecular weight is 420 g/mol. The number of methoxy groups -OCH3 is 1. The number of esters is 1. The zero-order valence-electron chi connectivity index (χ0n) is 16.0. The fraction of sp³-hybridized carbons (Fsp3) is 0.550. The summed E-state index contributed by atoms with van der Waals surface area (Å²) in [5, 5.41) is 0.915. The van der Waals surface area contributed by atoms with E-state index in [2.05, 4.69) is 23.1 Å². The van der Waals surface area contributed by atoms with E-state index >= 15 is 0 Å². The van der Waals surface area contributed by atoms with Crippen LogP contribution in [0.1, 0.15) is 23.8 Å². The monoisotopic (exact) mass is 419 g/mol. The van der Waals surface area contributed by atoms with Crippen molar-refractivity contribution in [2.75, 3.05) is 45.6 Å². The fourth-order valence-electron chi connectivity index (χ4n) is 3.91. The lowest BCUT2D eigenvalue weighted by Crippen LogP contribution is -2.49. The molecule has 2 fully saturated rings. The van der Waals surface area contributed by atoms with E-state index in [1.807, 2.05) is 11.0 Å². The third-order valence-electron chi connectivity index (χ3n) is 5.41. The maximum Gasteiger partial charge on any atom is 0.320 e. The molecule has 1 amide bonds. The molecule has 3 heterocycles. The molecule has 2 atom stereocenters. The maximum atomic E-state index is 12.8. The topological polar surface area (TPSA) is 62.7 Å². The van der Waals surface area contributed by atoms with Crippen molar-refractivity contribution >= 4 is 45.2 Å². The summed E-state index contributed by atoms with van der Waals surface area (Å²) in [6.45, 7) is 3.38. The highest BCUT2D eigenvalue weighted by Crippen LogP contribution is 2.33. The second-order valence-corrected chi connectivity index (χ2v) is 9.69. The first-order valence-electron chi connectivity index (χ1n) is 9.69. The number of carbonyl (C=O) groups is 2. The number of hydrogen-bond acceptors (Lipinski definition) is 7. The summed E-state index contributed by atoms with van der Waals surface area (Å²) in [5.74, 6) is 1.04. The molecule has 1 aromatic carbocycles. The van der Waals surface area contributed by atoms with Crippen molar-refractivity contribution in [3.8, 4) is 0 Å². The number of likely N-dealkylation sites (tertiary alicyclic amines) is 1. The smallest absolute Gasteiger partial charge is 0.320 e. The van der Waals surface area contributed by atoms with E-state index in [0.29, 0.717) is 25.6 Å². The Kier molecular flexibility index (Phi) is 6.18. The number of piperidine rings is 1. The Morgan fingerprint density at radius 1 is 1.25 bits per heavy atom. The molecule has 4 rings (SSSR count). The predicted molar refractivity (Wildman–Crippen MR) is 113 cm³/mol. The van der Waals surface area contributed by atoms with Gasteiger partial charge >= 0.3 is 5.97 Å². The van der Waals surface area contributed by atoms with E-state index in [9.17, 15) is 9.59 Å². The highest BCUT2D eigenvalue weighted by Gasteiger charge is 2.31. The first-order valence-corrected chi connectivity index (χ1v) is 11.6. The number of fused-ring (bicyclic) bond motifs is 1. The lowest BCUT2D eigenvalue weighted by atomic mass is 9.98. The van der Waals surface area contributed by atoms with Crippen LogP contribution < -0.4 is 0 Å². The fourth-order valence-corrected chi connectivity index (χ4v) is 6.13. The Bertz CT molecular complexity index is 823. The van der Waals surface area contributed by atoms with Gasteiger partial charge in [0.1, 0.15) is 5.25 Å². The van der Waals surface area contributed by atoms with Gasteiger partial charge in [0.05, 0.1) is 28.9 Å². The number of amides is 1. The molecule has 6 nitrogen and oxygen atoms in total. The van der Waals surface area contributed by atoms with Crippen LogP contribution in [0.2, 0.25) is 0 Å². The van der Waals surface area contributed by atoms with E-state index in [-0.39, 0.29) is 17.1 Å². The third kappa shape index (κ3) is 4.34. The molecule has 2 aliphatic rings. The zero-order valence-corrected chi connectivity index (χ0v) is 17.6.